The fraction of sp³-hybridized carbons (Fsp3) is 0.227. The van der Waals surface area contributed by atoms with Crippen LogP contribution in [0.1, 0.15) is 36.4 Å². The Morgan fingerprint density at radius 2 is 2.03 bits per heavy atom. The van der Waals surface area contributed by atoms with Gasteiger partial charge >= 0.3 is 0 Å². The molecule has 0 radical (unpaired) electrons. The summed E-state index contributed by atoms with van der Waals surface area (Å²) in [5.74, 6) is 0.756. The van der Waals surface area contributed by atoms with Crippen LogP contribution in [0.4, 0.5) is 16.0 Å². The predicted octanol–water partition coefficient (Wildman–Crippen LogP) is 4.64. The Hall–Kier alpha value is -3.53. The molecule has 1 aliphatic heterocycles. The fourth-order valence-electron chi connectivity index (χ4n) is 4.06. The fourth-order valence-corrected chi connectivity index (χ4v) is 4.83. The van der Waals surface area contributed by atoms with E-state index in [0.717, 1.165) is 29.7 Å². The maximum absolute atomic E-state index is 13.5. The number of nitrogens with zero attached hydrogens (tertiary/aromatic N) is 4. The Labute approximate surface area is 186 Å². The number of fused-ring (bicyclic) bond motifs is 1. The summed E-state index contributed by atoms with van der Waals surface area (Å²) < 4.78 is 15.1. The number of carbonyl (C=O) groups is 1. The molecule has 0 bridgehead atoms. The number of aromatic nitrogens is 3. The third-order valence-electron chi connectivity index (χ3n) is 5.53. The van der Waals surface area contributed by atoms with Crippen LogP contribution < -0.4 is 5.32 Å². The van der Waals surface area contributed by atoms with E-state index in [0.29, 0.717) is 28.9 Å². The second kappa shape index (κ2) is 8.19. The normalized spacial score (nSPS) is 17.5. The molecule has 2 aliphatic rings. The number of Topliss-reactive ketones (excluding diaryl/α,β-unsaturated/α-hetero) is 1. The van der Waals surface area contributed by atoms with Crippen LogP contribution in [0.25, 0.3) is 0 Å². The maximum Gasteiger partial charge on any atom is 0.269 e. The zero-order valence-electron chi connectivity index (χ0n) is 16.8. The number of non-ortho nitro benzene ring substituents is 1. The van der Waals surface area contributed by atoms with Crippen molar-refractivity contribution in [1.82, 2.24) is 14.8 Å². The molecule has 1 atom stereocenters. The van der Waals surface area contributed by atoms with Gasteiger partial charge < -0.3 is 5.32 Å². The lowest BCUT2D eigenvalue weighted by Gasteiger charge is -2.32. The molecule has 1 aromatic heterocycles. The van der Waals surface area contributed by atoms with E-state index in [9.17, 15) is 19.3 Å². The molecule has 0 saturated heterocycles. The number of benzene rings is 2. The first-order valence-corrected chi connectivity index (χ1v) is 11.1. The van der Waals surface area contributed by atoms with Crippen LogP contribution in [0.15, 0.2) is 65.0 Å². The molecular weight excluding hydrogens is 433 g/mol. The number of allylic oxidation sites excluding steroid dienone is 2. The molecule has 2 heterocycles. The minimum Gasteiger partial charge on any atom is -0.328 e. The molecule has 162 valence electrons. The molecule has 10 heteroatoms. The zero-order chi connectivity index (χ0) is 22.2. The molecule has 2 aromatic carbocycles. The molecular formula is C22H18FN5O3S. The Bertz CT molecular complexity index is 1250. The SMILES string of the molecule is O=C1CCCC2=C1C(c1ccc([N+](=O)[O-])cc1)n1nc(SCc3cccc(F)c3)nc1N2. The van der Waals surface area contributed by atoms with Gasteiger partial charge in [0.15, 0.2) is 5.78 Å². The number of rotatable bonds is 5. The van der Waals surface area contributed by atoms with Gasteiger partial charge in [0.25, 0.3) is 5.69 Å². The summed E-state index contributed by atoms with van der Waals surface area (Å²) in [6.45, 7) is 0. The molecule has 0 fully saturated rings. The van der Waals surface area contributed by atoms with Gasteiger partial charge in [-0.2, -0.15) is 4.98 Å². The number of nitrogens with one attached hydrogen (secondary N) is 1. The first-order chi connectivity index (χ1) is 15.5. The molecule has 0 spiro atoms. The van der Waals surface area contributed by atoms with Crippen LogP contribution in [0.2, 0.25) is 0 Å². The molecule has 32 heavy (non-hydrogen) atoms. The third kappa shape index (κ3) is 3.77. The van der Waals surface area contributed by atoms with Crippen molar-refractivity contribution in [1.29, 1.82) is 0 Å². The van der Waals surface area contributed by atoms with Crippen LogP contribution >= 0.6 is 11.8 Å². The highest BCUT2D eigenvalue weighted by Gasteiger charge is 2.37. The van der Waals surface area contributed by atoms with E-state index in [2.05, 4.69) is 15.4 Å². The Balaban J connectivity index is 1.50. The predicted molar refractivity (Wildman–Crippen MR) is 117 cm³/mol. The van der Waals surface area contributed by atoms with Crippen molar-refractivity contribution in [2.75, 3.05) is 5.32 Å². The first-order valence-electron chi connectivity index (χ1n) is 10.1. The number of anilines is 1. The summed E-state index contributed by atoms with van der Waals surface area (Å²) in [7, 11) is 0. The average molecular weight is 451 g/mol. The van der Waals surface area contributed by atoms with Crippen LogP contribution in [0.5, 0.6) is 0 Å². The van der Waals surface area contributed by atoms with Gasteiger partial charge in [0.2, 0.25) is 11.1 Å². The van der Waals surface area contributed by atoms with Gasteiger partial charge in [0.1, 0.15) is 11.9 Å². The van der Waals surface area contributed by atoms with Crippen LogP contribution in [-0.4, -0.2) is 25.5 Å². The second-order valence-corrected chi connectivity index (χ2v) is 8.57. The third-order valence-corrected chi connectivity index (χ3v) is 6.43. The summed E-state index contributed by atoms with van der Waals surface area (Å²) in [6, 6.07) is 12.0. The zero-order valence-corrected chi connectivity index (χ0v) is 17.6. The highest BCUT2D eigenvalue weighted by molar-refractivity contribution is 7.98. The van der Waals surface area contributed by atoms with Crippen molar-refractivity contribution >= 4 is 29.2 Å². The lowest BCUT2D eigenvalue weighted by atomic mass is 9.85. The van der Waals surface area contributed by atoms with E-state index < -0.39 is 11.0 Å². The van der Waals surface area contributed by atoms with E-state index in [1.54, 1.807) is 22.9 Å². The van der Waals surface area contributed by atoms with Crippen molar-refractivity contribution in [3.63, 3.8) is 0 Å². The Morgan fingerprint density at radius 1 is 1.22 bits per heavy atom. The Kier molecular flexibility index (Phi) is 5.22. The van der Waals surface area contributed by atoms with Crippen molar-refractivity contribution in [2.45, 2.75) is 36.2 Å². The number of nitro benzene ring substituents is 1. The average Bonchev–Trinajstić information content (AvgIpc) is 3.19. The van der Waals surface area contributed by atoms with Crippen molar-refractivity contribution in [3.8, 4) is 0 Å². The van der Waals surface area contributed by atoms with Gasteiger partial charge in [0, 0.05) is 35.6 Å². The topological polar surface area (TPSA) is 103 Å². The van der Waals surface area contributed by atoms with Gasteiger partial charge in [-0.1, -0.05) is 23.9 Å². The van der Waals surface area contributed by atoms with E-state index in [4.69, 9.17) is 0 Å². The second-order valence-electron chi connectivity index (χ2n) is 7.63. The molecule has 0 saturated carbocycles. The molecule has 3 aromatic rings. The van der Waals surface area contributed by atoms with Crippen molar-refractivity contribution in [2.24, 2.45) is 0 Å². The summed E-state index contributed by atoms with van der Waals surface area (Å²) in [4.78, 5) is 28.0. The van der Waals surface area contributed by atoms with Crippen LogP contribution in [-0.2, 0) is 10.5 Å². The van der Waals surface area contributed by atoms with E-state index in [1.807, 2.05) is 6.07 Å². The smallest absolute Gasteiger partial charge is 0.269 e. The van der Waals surface area contributed by atoms with E-state index in [1.165, 1.54) is 36.0 Å². The van der Waals surface area contributed by atoms with E-state index in [-0.39, 0.29) is 17.3 Å². The number of ketones is 1. The molecule has 5 rings (SSSR count). The van der Waals surface area contributed by atoms with Gasteiger partial charge in [-0.15, -0.1) is 5.10 Å². The number of halogens is 1. The Morgan fingerprint density at radius 3 is 2.78 bits per heavy atom. The highest BCUT2D eigenvalue weighted by Crippen LogP contribution is 2.41. The van der Waals surface area contributed by atoms with Crippen LogP contribution in [0, 0.1) is 15.9 Å². The minimum absolute atomic E-state index is 0.0167. The molecule has 1 N–H and O–H groups in total. The monoisotopic (exact) mass is 451 g/mol. The summed E-state index contributed by atoms with van der Waals surface area (Å²) in [5.41, 5.74) is 2.98. The first kappa shape index (κ1) is 20.4. The van der Waals surface area contributed by atoms with Gasteiger partial charge in [0.05, 0.1) is 4.92 Å². The minimum atomic E-state index is -0.508. The van der Waals surface area contributed by atoms with E-state index >= 15 is 0 Å². The van der Waals surface area contributed by atoms with Crippen LogP contribution in [0.3, 0.4) is 0 Å². The summed E-state index contributed by atoms with van der Waals surface area (Å²) in [6.07, 6.45) is 1.94. The lowest BCUT2D eigenvalue weighted by Crippen LogP contribution is -2.31. The number of carbonyl (C=O) groups excluding carboxylic acids is 1. The quantitative estimate of drug-likeness (QED) is 0.342. The van der Waals surface area contributed by atoms with Crippen molar-refractivity contribution < 1.29 is 14.1 Å². The van der Waals surface area contributed by atoms with Crippen molar-refractivity contribution in [3.05, 3.63) is 86.9 Å². The van der Waals surface area contributed by atoms with Gasteiger partial charge in [-0.3, -0.25) is 14.9 Å². The number of nitro groups is 1. The number of hydrogen-bond donors (Lipinski definition) is 1. The highest BCUT2D eigenvalue weighted by atomic mass is 32.2. The lowest BCUT2D eigenvalue weighted by molar-refractivity contribution is -0.384. The molecule has 0 amide bonds. The van der Waals surface area contributed by atoms with Gasteiger partial charge in [-0.25, -0.2) is 9.07 Å². The van der Waals surface area contributed by atoms with Gasteiger partial charge in [-0.05, 0) is 48.2 Å². The largest absolute Gasteiger partial charge is 0.328 e. The molecule has 8 nitrogen and oxygen atoms in total. The standard InChI is InChI=1S/C22H18FN5O3S/c23-15-4-1-3-13(11-15)12-32-22-25-21-24-17-5-2-6-18(29)19(17)20(27(21)26-22)14-7-9-16(10-8-14)28(30)31/h1,3-4,7-11,20H,2,5-6,12H2,(H,24,25,26). The summed E-state index contributed by atoms with van der Waals surface area (Å²) >= 11 is 1.37. The number of thioether (sulfide) groups is 1. The molecule has 1 aliphatic carbocycles. The maximum atomic E-state index is 13.5. The summed E-state index contributed by atoms with van der Waals surface area (Å²) in [5, 5.41) is 19.4. The number of hydrogen-bond acceptors (Lipinski definition) is 7. The molecule has 1 unspecified atom stereocenters.